The average molecular weight is 364 g/mol. The van der Waals surface area contributed by atoms with Crippen LogP contribution < -0.4 is 11.1 Å². The summed E-state index contributed by atoms with van der Waals surface area (Å²) in [6.45, 7) is 1.66. The Morgan fingerprint density at radius 1 is 1.36 bits per heavy atom. The Labute approximate surface area is 137 Å². The number of rotatable bonds is 4. The van der Waals surface area contributed by atoms with Gasteiger partial charge in [0.25, 0.3) is 0 Å². The van der Waals surface area contributed by atoms with Gasteiger partial charge >= 0.3 is 0 Å². The van der Waals surface area contributed by atoms with Crippen LogP contribution in [0.1, 0.15) is 12.8 Å². The molecule has 116 valence electrons. The van der Waals surface area contributed by atoms with Gasteiger partial charge in [-0.15, -0.1) is 0 Å². The molecule has 1 fully saturated rings. The summed E-state index contributed by atoms with van der Waals surface area (Å²) in [6, 6.07) is 7.86. The number of fused-ring (bicyclic) bond motifs is 1. The lowest BCUT2D eigenvalue weighted by Gasteiger charge is -2.34. The van der Waals surface area contributed by atoms with Gasteiger partial charge in [0.1, 0.15) is 0 Å². The molecular weight excluding hydrogens is 346 g/mol. The summed E-state index contributed by atoms with van der Waals surface area (Å²) >= 11 is 3.48. The number of benzene rings is 1. The molecule has 0 unspecified atom stereocenters. The first-order valence-electron chi connectivity index (χ1n) is 7.27. The maximum absolute atomic E-state index is 11.9. The molecule has 3 N–H and O–H groups in total. The minimum atomic E-state index is -0.542. The van der Waals surface area contributed by atoms with Crippen LogP contribution in [0.5, 0.6) is 0 Å². The Morgan fingerprint density at radius 2 is 2.14 bits per heavy atom. The number of hydrogen-bond acceptors (Lipinski definition) is 4. The molecule has 1 aromatic carbocycles. The van der Waals surface area contributed by atoms with Crippen molar-refractivity contribution in [1.82, 2.24) is 4.98 Å². The number of aromatic nitrogens is 1. The zero-order chi connectivity index (χ0) is 15.6. The van der Waals surface area contributed by atoms with Crippen molar-refractivity contribution < 1.29 is 9.53 Å². The number of nitrogens with zero attached hydrogens (tertiary/aromatic N) is 1. The first kappa shape index (κ1) is 15.2. The predicted octanol–water partition coefficient (Wildman–Crippen LogP) is 2.69. The van der Waals surface area contributed by atoms with E-state index in [1.54, 1.807) is 6.20 Å². The van der Waals surface area contributed by atoms with Crippen LogP contribution in [-0.4, -0.2) is 30.6 Å². The molecule has 0 spiro atoms. The second-order valence-corrected chi connectivity index (χ2v) is 6.55. The van der Waals surface area contributed by atoms with E-state index in [1.165, 1.54) is 0 Å². The topological polar surface area (TPSA) is 77.2 Å². The Kier molecular flexibility index (Phi) is 4.31. The molecule has 0 radical (unpaired) electrons. The van der Waals surface area contributed by atoms with Crippen molar-refractivity contribution in [2.24, 2.45) is 11.1 Å². The second-order valence-electron chi connectivity index (χ2n) is 5.63. The van der Waals surface area contributed by atoms with E-state index in [0.717, 1.165) is 21.1 Å². The van der Waals surface area contributed by atoms with Gasteiger partial charge in [-0.25, -0.2) is 0 Å². The van der Waals surface area contributed by atoms with Crippen molar-refractivity contribution in [3.05, 3.63) is 34.9 Å². The van der Waals surface area contributed by atoms with Gasteiger partial charge in [-0.1, -0.05) is 15.9 Å². The molecule has 1 aliphatic rings. The largest absolute Gasteiger partial charge is 0.383 e. The molecule has 2 heterocycles. The summed E-state index contributed by atoms with van der Waals surface area (Å²) in [7, 11) is 0. The summed E-state index contributed by atoms with van der Waals surface area (Å²) in [5.41, 5.74) is 6.97. The normalized spacial score (nSPS) is 17.3. The zero-order valence-corrected chi connectivity index (χ0v) is 13.7. The number of pyridine rings is 1. The van der Waals surface area contributed by atoms with E-state index >= 15 is 0 Å². The lowest BCUT2D eigenvalue weighted by molar-refractivity contribution is -0.132. The number of carbonyl (C=O) groups is 1. The number of primary amides is 1. The van der Waals surface area contributed by atoms with Crippen LogP contribution in [-0.2, 0) is 9.53 Å². The number of ether oxygens (including phenoxy) is 1. The number of nitrogens with one attached hydrogen (secondary N) is 1. The van der Waals surface area contributed by atoms with Crippen LogP contribution in [0.3, 0.4) is 0 Å². The van der Waals surface area contributed by atoms with Gasteiger partial charge in [0.2, 0.25) is 5.91 Å². The predicted molar refractivity (Wildman–Crippen MR) is 89.6 cm³/mol. The molecule has 1 saturated heterocycles. The lowest BCUT2D eigenvalue weighted by Crippen LogP contribution is -2.46. The van der Waals surface area contributed by atoms with Crippen molar-refractivity contribution in [3.63, 3.8) is 0 Å². The summed E-state index contributed by atoms with van der Waals surface area (Å²) in [5, 5.41) is 4.41. The van der Waals surface area contributed by atoms with E-state index < -0.39 is 5.41 Å². The monoisotopic (exact) mass is 363 g/mol. The summed E-state index contributed by atoms with van der Waals surface area (Å²) < 4.78 is 6.35. The molecule has 22 heavy (non-hydrogen) atoms. The van der Waals surface area contributed by atoms with Crippen LogP contribution in [0, 0.1) is 5.41 Å². The van der Waals surface area contributed by atoms with Gasteiger partial charge in [-0.05, 0) is 37.1 Å². The minimum absolute atomic E-state index is 0.261. The number of nitrogens with two attached hydrogens (primary N) is 1. The number of carbonyl (C=O) groups excluding carboxylic acids is 1. The van der Waals surface area contributed by atoms with Crippen molar-refractivity contribution in [2.75, 3.05) is 25.1 Å². The molecule has 6 heteroatoms. The van der Waals surface area contributed by atoms with Crippen molar-refractivity contribution in [1.29, 1.82) is 0 Å². The van der Waals surface area contributed by atoms with Crippen LogP contribution in [0.15, 0.2) is 34.9 Å². The van der Waals surface area contributed by atoms with E-state index in [1.807, 2.05) is 24.3 Å². The maximum atomic E-state index is 11.9. The maximum Gasteiger partial charge on any atom is 0.225 e. The molecule has 2 aromatic rings. The minimum Gasteiger partial charge on any atom is -0.383 e. The van der Waals surface area contributed by atoms with Gasteiger partial charge in [0.15, 0.2) is 0 Å². The third kappa shape index (κ3) is 2.94. The van der Waals surface area contributed by atoms with E-state index in [9.17, 15) is 4.79 Å². The molecule has 3 rings (SSSR count). The highest BCUT2D eigenvalue weighted by Gasteiger charge is 2.38. The van der Waals surface area contributed by atoms with Crippen LogP contribution >= 0.6 is 15.9 Å². The third-order valence-electron chi connectivity index (χ3n) is 4.29. The molecule has 0 saturated carbocycles. The molecule has 1 amide bonds. The molecule has 0 bridgehead atoms. The van der Waals surface area contributed by atoms with E-state index in [-0.39, 0.29) is 5.91 Å². The highest BCUT2D eigenvalue weighted by molar-refractivity contribution is 9.10. The van der Waals surface area contributed by atoms with E-state index in [0.29, 0.717) is 32.6 Å². The fraction of sp³-hybridized carbons (Fsp3) is 0.375. The van der Waals surface area contributed by atoms with Gasteiger partial charge in [0, 0.05) is 41.5 Å². The van der Waals surface area contributed by atoms with Crippen molar-refractivity contribution in [3.8, 4) is 0 Å². The Bertz CT molecular complexity index is 699. The van der Waals surface area contributed by atoms with Crippen molar-refractivity contribution >= 4 is 38.4 Å². The Hall–Kier alpha value is -1.66. The van der Waals surface area contributed by atoms with E-state index in [2.05, 4.69) is 26.2 Å². The highest BCUT2D eigenvalue weighted by atomic mass is 79.9. The smallest absolute Gasteiger partial charge is 0.225 e. The Balaban J connectivity index is 1.86. The van der Waals surface area contributed by atoms with Gasteiger partial charge < -0.3 is 15.8 Å². The third-order valence-corrected chi connectivity index (χ3v) is 4.79. The quantitative estimate of drug-likeness (QED) is 0.875. The summed E-state index contributed by atoms with van der Waals surface area (Å²) in [6.07, 6.45) is 3.07. The highest BCUT2D eigenvalue weighted by Crippen LogP contribution is 2.32. The lowest BCUT2D eigenvalue weighted by atomic mass is 9.79. The van der Waals surface area contributed by atoms with Gasteiger partial charge in [-0.3, -0.25) is 9.78 Å². The standard InChI is InChI=1S/C16H18BrN3O2/c17-11-1-2-13-12(9-11)14(3-6-19-13)20-10-16(15(18)21)4-7-22-8-5-16/h1-3,6,9H,4-5,7-8,10H2,(H2,18,21)(H,19,20). The second kappa shape index (κ2) is 6.22. The zero-order valence-electron chi connectivity index (χ0n) is 12.1. The van der Waals surface area contributed by atoms with Crippen LogP contribution in [0.25, 0.3) is 10.9 Å². The van der Waals surface area contributed by atoms with E-state index in [4.69, 9.17) is 10.5 Å². The number of halogens is 1. The Morgan fingerprint density at radius 3 is 2.86 bits per heavy atom. The molecule has 5 nitrogen and oxygen atoms in total. The molecular formula is C16H18BrN3O2. The SMILES string of the molecule is NC(=O)C1(CNc2ccnc3ccc(Br)cc23)CCOCC1. The number of anilines is 1. The molecule has 1 aliphatic heterocycles. The average Bonchev–Trinajstić information content (AvgIpc) is 2.53. The van der Waals surface area contributed by atoms with Crippen molar-refractivity contribution in [2.45, 2.75) is 12.8 Å². The summed E-state index contributed by atoms with van der Waals surface area (Å²) in [4.78, 5) is 16.3. The van der Waals surface area contributed by atoms with Crippen LogP contribution in [0.2, 0.25) is 0 Å². The first-order valence-corrected chi connectivity index (χ1v) is 8.06. The fourth-order valence-corrected chi connectivity index (χ4v) is 3.17. The first-order chi connectivity index (χ1) is 10.6. The van der Waals surface area contributed by atoms with Gasteiger partial charge in [-0.2, -0.15) is 0 Å². The fourth-order valence-electron chi connectivity index (χ4n) is 2.81. The van der Waals surface area contributed by atoms with Crippen LogP contribution in [0.4, 0.5) is 5.69 Å². The summed E-state index contributed by atoms with van der Waals surface area (Å²) in [5.74, 6) is -0.261. The van der Waals surface area contributed by atoms with Gasteiger partial charge in [0.05, 0.1) is 10.9 Å². The molecule has 1 aromatic heterocycles. The molecule has 0 atom stereocenters. The molecule has 0 aliphatic carbocycles. The number of amides is 1. The number of hydrogen-bond donors (Lipinski definition) is 2.